The summed E-state index contributed by atoms with van der Waals surface area (Å²) in [6.45, 7) is 5.12. The van der Waals surface area contributed by atoms with Crippen LogP contribution in [0.5, 0.6) is 0 Å². The van der Waals surface area contributed by atoms with Crippen LogP contribution in [0.3, 0.4) is 0 Å². The van der Waals surface area contributed by atoms with Crippen LogP contribution in [0.4, 0.5) is 5.69 Å². The summed E-state index contributed by atoms with van der Waals surface area (Å²) in [4.78, 5) is 13.9. The van der Waals surface area contributed by atoms with Crippen molar-refractivity contribution in [2.45, 2.75) is 19.8 Å². The lowest BCUT2D eigenvalue weighted by Crippen LogP contribution is -2.31. The van der Waals surface area contributed by atoms with Gasteiger partial charge in [0.05, 0.1) is 0 Å². The van der Waals surface area contributed by atoms with E-state index in [4.69, 9.17) is 4.74 Å². The second kappa shape index (κ2) is 9.39. The number of hydrogen-bond acceptors (Lipinski definition) is 3. The predicted octanol–water partition coefficient (Wildman–Crippen LogP) is 2.06. The molecule has 0 radical (unpaired) electrons. The first-order valence-corrected chi connectivity index (χ1v) is 6.83. The maximum atomic E-state index is 11.7. The van der Waals surface area contributed by atoms with Crippen LogP contribution in [0.1, 0.15) is 19.8 Å². The predicted molar refractivity (Wildman–Crippen MR) is 78.4 cm³/mol. The molecule has 0 aliphatic carbocycles. The molecule has 0 aliphatic rings. The van der Waals surface area contributed by atoms with Gasteiger partial charge in [-0.3, -0.25) is 4.79 Å². The van der Waals surface area contributed by atoms with E-state index >= 15 is 0 Å². The number of nitrogens with one attached hydrogen (secondary N) is 1. The molecular formula is C15H24N2O2. The molecule has 0 aromatic heterocycles. The Balaban J connectivity index is 2.28. The Morgan fingerprint density at radius 1 is 1.32 bits per heavy atom. The zero-order valence-corrected chi connectivity index (χ0v) is 11.9. The third kappa shape index (κ3) is 6.25. The van der Waals surface area contributed by atoms with Gasteiger partial charge in [0.15, 0.2) is 0 Å². The Hall–Kier alpha value is -1.55. The summed E-state index contributed by atoms with van der Waals surface area (Å²) in [7, 11) is 1.67. The number of rotatable bonds is 9. The SMILES string of the molecule is CCN(CCC(=O)NCCCOC)c1ccccc1. The van der Waals surface area contributed by atoms with Crippen LogP contribution in [0.2, 0.25) is 0 Å². The van der Waals surface area contributed by atoms with E-state index in [0.29, 0.717) is 19.6 Å². The Kier molecular flexibility index (Phi) is 7.66. The highest BCUT2D eigenvalue weighted by Crippen LogP contribution is 2.12. The average molecular weight is 264 g/mol. The number of ether oxygens (including phenoxy) is 1. The average Bonchev–Trinajstić information content (AvgIpc) is 2.45. The topological polar surface area (TPSA) is 41.6 Å². The molecule has 1 aromatic rings. The van der Waals surface area contributed by atoms with Crippen molar-refractivity contribution in [3.8, 4) is 0 Å². The summed E-state index contributed by atoms with van der Waals surface area (Å²) in [6, 6.07) is 10.2. The van der Waals surface area contributed by atoms with Crippen LogP contribution in [0.25, 0.3) is 0 Å². The summed E-state index contributed by atoms with van der Waals surface area (Å²) in [5.41, 5.74) is 1.16. The lowest BCUT2D eigenvalue weighted by atomic mass is 10.2. The Morgan fingerprint density at radius 3 is 2.68 bits per heavy atom. The van der Waals surface area contributed by atoms with E-state index in [-0.39, 0.29) is 5.91 Å². The van der Waals surface area contributed by atoms with Gasteiger partial charge < -0.3 is 15.0 Å². The van der Waals surface area contributed by atoms with E-state index in [1.807, 2.05) is 18.2 Å². The van der Waals surface area contributed by atoms with Crippen LogP contribution in [0.15, 0.2) is 30.3 Å². The molecule has 0 heterocycles. The van der Waals surface area contributed by atoms with Crippen LogP contribution < -0.4 is 10.2 Å². The minimum Gasteiger partial charge on any atom is -0.385 e. The zero-order valence-electron chi connectivity index (χ0n) is 11.9. The first-order chi connectivity index (χ1) is 9.27. The van der Waals surface area contributed by atoms with Gasteiger partial charge in [0.1, 0.15) is 0 Å². The number of carbonyl (C=O) groups excluding carboxylic acids is 1. The van der Waals surface area contributed by atoms with Gasteiger partial charge >= 0.3 is 0 Å². The number of benzene rings is 1. The third-order valence-electron chi connectivity index (χ3n) is 2.96. The molecule has 0 unspecified atom stereocenters. The molecule has 1 aromatic carbocycles. The van der Waals surface area contributed by atoms with E-state index in [1.54, 1.807) is 7.11 Å². The van der Waals surface area contributed by atoms with E-state index in [2.05, 4.69) is 29.3 Å². The first kappa shape index (κ1) is 15.5. The normalized spacial score (nSPS) is 10.2. The van der Waals surface area contributed by atoms with E-state index in [0.717, 1.165) is 25.2 Å². The summed E-state index contributed by atoms with van der Waals surface area (Å²) in [5, 5.41) is 2.90. The third-order valence-corrected chi connectivity index (χ3v) is 2.96. The molecule has 0 spiro atoms. The summed E-state index contributed by atoms with van der Waals surface area (Å²) in [5.74, 6) is 0.102. The largest absolute Gasteiger partial charge is 0.385 e. The van der Waals surface area contributed by atoms with Gasteiger partial charge in [-0.25, -0.2) is 0 Å². The van der Waals surface area contributed by atoms with Gasteiger partial charge in [-0.2, -0.15) is 0 Å². The van der Waals surface area contributed by atoms with Crippen molar-refractivity contribution >= 4 is 11.6 Å². The number of methoxy groups -OCH3 is 1. The lowest BCUT2D eigenvalue weighted by molar-refractivity contribution is -0.120. The second-order valence-corrected chi connectivity index (χ2v) is 4.36. The lowest BCUT2D eigenvalue weighted by Gasteiger charge is -2.22. The molecule has 4 nitrogen and oxygen atoms in total. The molecule has 106 valence electrons. The molecule has 0 fully saturated rings. The number of amides is 1. The van der Waals surface area contributed by atoms with Gasteiger partial charge in [-0.05, 0) is 25.5 Å². The van der Waals surface area contributed by atoms with Crippen molar-refractivity contribution in [2.24, 2.45) is 0 Å². The standard InChI is InChI=1S/C15H24N2O2/c1-3-17(14-8-5-4-6-9-14)12-10-15(18)16-11-7-13-19-2/h4-6,8-9H,3,7,10-13H2,1-2H3,(H,16,18). The molecule has 0 bridgehead atoms. The highest BCUT2D eigenvalue weighted by atomic mass is 16.5. The molecule has 4 heteroatoms. The van der Waals surface area contributed by atoms with E-state index in [1.165, 1.54) is 0 Å². The van der Waals surface area contributed by atoms with Crippen molar-refractivity contribution in [3.05, 3.63) is 30.3 Å². The van der Waals surface area contributed by atoms with Crippen molar-refractivity contribution in [1.29, 1.82) is 0 Å². The molecule has 0 aliphatic heterocycles. The molecule has 0 atom stereocenters. The number of para-hydroxylation sites is 1. The number of hydrogen-bond donors (Lipinski definition) is 1. The van der Waals surface area contributed by atoms with Gasteiger partial charge in [0.2, 0.25) is 5.91 Å². The minimum atomic E-state index is 0.102. The molecule has 1 rings (SSSR count). The molecular weight excluding hydrogens is 240 g/mol. The fraction of sp³-hybridized carbons (Fsp3) is 0.533. The van der Waals surface area contributed by atoms with Crippen molar-refractivity contribution in [3.63, 3.8) is 0 Å². The summed E-state index contributed by atoms with van der Waals surface area (Å²) >= 11 is 0. The summed E-state index contributed by atoms with van der Waals surface area (Å²) in [6.07, 6.45) is 1.38. The number of nitrogens with zero attached hydrogens (tertiary/aromatic N) is 1. The monoisotopic (exact) mass is 264 g/mol. The minimum absolute atomic E-state index is 0.102. The molecule has 1 amide bonds. The maximum absolute atomic E-state index is 11.7. The van der Waals surface area contributed by atoms with Crippen molar-refractivity contribution < 1.29 is 9.53 Å². The Morgan fingerprint density at radius 2 is 2.05 bits per heavy atom. The molecule has 1 N–H and O–H groups in total. The summed E-state index contributed by atoms with van der Waals surface area (Å²) < 4.78 is 4.94. The maximum Gasteiger partial charge on any atom is 0.221 e. The number of anilines is 1. The van der Waals surface area contributed by atoms with Crippen LogP contribution in [0, 0.1) is 0 Å². The zero-order chi connectivity index (χ0) is 13.9. The molecule has 0 saturated heterocycles. The van der Waals surface area contributed by atoms with Crippen molar-refractivity contribution in [2.75, 3.05) is 38.3 Å². The van der Waals surface area contributed by atoms with Gasteiger partial charge in [-0.15, -0.1) is 0 Å². The Bertz CT molecular complexity index is 354. The fourth-order valence-corrected chi connectivity index (χ4v) is 1.88. The highest BCUT2D eigenvalue weighted by molar-refractivity contribution is 5.76. The van der Waals surface area contributed by atoms with Crippen molar-refractivity contribution in [1.82, 2.24) is 5.32 Å². The van der Waals surface area contributed by atoms with Crippen LogP contribution in [-0.4, -0.2) is 39.3 Å². The van der Waals surface area contributed by atoms with E-state index < -0.39 is 0 Å². The van der Waals surface area contributed by atoms with E-state index in [9.17, 15) is 4.79 Å². The van der Waals surface area contributed by atoms with Gasteiger partial charge in [0, 0.05) is 45.5 Å². The fourth-order valence-electron chi connectivity index (χ4n) is 1.88. The molecule has 19 heavy (non-hydrogen) atoms. The van der Waals surface area contributed by atoms with Crippen LogP contribution in [-0.2, 0) is 9.53 Å². The van der Waals surface area contributed by atoms with Crippen LogP contribution >= 0.6 is 0 Å². The molecule has 0 saturated carbocycles. The highest BCUT2D eigenvalue weighted by Gasteiger charge is 2.06. The Labute approximate surface area is 115 Å². The van der Waals surface area contributed by atoms with Gasteiger partial charge in [0.25, 0.3) is 0 Å². The van der Waals surface area contributed by atoms with Gasteiger partial charge in [-0.1, -0.05) is 18.2 Å². The second-order valence-electron chi connectivity index (χ2n) is 4.36. The number of carbonyl (C=O) groups is 1. The smallest absolute Gasteiger partial charge is 0.221 e. The quantitative estimate of drug-likeness (QED) is 0.694. The first-order valence-electron chi connectivity index (χ1n) is 6.83.